The number of carbonyl (C=O) groups excluding carboxylic acids is 1. The predicted molar refractivity (Wildman–Crippen MR) is 58.1 cm³/mol. The maximum atomic E-state index is 10.7. The molecule has 2 aromatic rings. The topological polar surface area (TPSA) is 60.9 Å². The van der Waals surface area contributed by atoms with E-state index < -0.39 is 0 Å². The highest BCUT2D eigenvalue weighted by molar-refractivity contribution is 5.71. The Balaban J connectivity index is 2.64. The fourth-order valence-electron chi connectivity index (χ4n) is 1.51. The van der Waals surface area contributed by atoms with Crippen molar-refractivity contribution >= 4 is 12.0 Å². The Hall–Kier alpha value is -2.10. The van der Waals surface area contributed by atoms with E-state index in [0.717, 1.165) is 17.5 Å². The number of rotatable bonds is 2. The van der Waals surface area contributed by atoms with Crippen LogP contribution in [0.4, 0.5) is 5.69 Å². The first-order chi connectivity index (χ1) is 7.24. The fourth-order valence-corrected chi connectivity index (χ4v) is 1.51. The quantitative estimate of drug-likeness (QED) is 0.592. The van der Waals surface area contributed by atoms with Crippen LogP contribution in [0, 0.1) is 6.92 Å². The van der Waals surface area contributed by atoms with E-state index in [4.69, 9.17) is 5.73 Å². The molecule has 1 heterocycles. The average molecular weight is 201 g/mol. The predicted octanol–water partition coefficient (Wildman–Crippen LogP) is 1.58. The molecule has 0 aliphatic heterocycles. The number of nitrogen functional groups attached to an aromatic ring is 1. The number of hydrogen-bond acceptors (Lipinski definition) is 3. The molecule has 0 bridgehead atoms. The lowest BCUT2D eigenvalue weighted by Crippen LogP contribution is -2.02. The van der Waals surface area contributed by atoms with E-state index in [9.17, 15) is 4.79 Å². The van der Waals surface area contributed by atoms with Crippen LogP contribution in [0.3, 0.4) is 0 Å². The van der Waals surface area contributed by atoms with Crippen LogP contribution < -0.4 is 5.73 Å². The van der Waals surface area contributed by atoms with E-state index in [1.54, 1.807) is 17.0 Å². The number of aldehydes is 1. The molecule has 4 heteroatoms. The van der Waals surface area contributed by atoms with E-state index >= 15 is 0 Å². The Kier molecular flexibility index (Phi) is 2.25. The molecular formula is C11H11N3O. The van der Waals surface area contributed by atoms with Crippen molar-refractivity contribution in [2.45, 2.75) is 6.92 Å². The van der Waals surface area contributed by atoms with Crippen molar-refractivity contribution in [2.24, 2.45) is 0 Å². The molecule has 1 aromatic carbocycles. The van der Waals surface area contributed by atoms with Crippen molar-refractivity contribution < 1.29 is 4.79 Å². The summed E-state index contributed by atoms with van der Waals surface area (Å²) in [6, 6.07) is 5.59. The van der Waals surface area contributed by atoms with Crippen molar-refractivity contribution in [1.82, 2.24) is 9.55 Å². The molecule has 4 nitrogen and oxygen atoms in total. The van der Waals surface area contributed by atoms with Gasteiger partial charge in [-0.3, -0.25) is 9.36 Å². The molecule has 0 atom stereocenters. The summed E-state index contributed by atoms with van der Waals surface area (Å²) in [6.45, 7) is 1.92. The summed E-state index contributed by atoms with van der Waals surface area (Å²) in [5.74, 6) is 0.378. The first-order valence-corrected chi connectivity index (χ1v) is 4.58. The normalized spacial score (nSPS) is 10.2. The second-order valence-electron chi connectivity index (χ2n) is 3.26. The second-order valence-corrected chi connectivity index (χ2v) is 3.26. The van der Waals surface area contributed by atoms with Gasteiger partial charge in [-0.25, -0.2) is 4.98 Å². The van der Waals surface area contributed by atoms with Gasteiger partial charge in [-0.05, 0) is 24.6 Å². The zero-order chi connectivity index (χ0) is 10.8. The van der Waals surface area contributed by atoms with Gasteiger partial charge < -0.3 is 5.73 Å². The van der Waals surface area contributed by atoms with Crippen LogP contribution in [0.25, 0.3) is 5.69 Å². The molecule has 0 amide bonds. The smallest absolute Gasteiger partial charge is 0.185 e. The molecule has 2 rings (SSSR count). The molecule has 0 radical (unpaired) electrons. The van der Waals surface area contributed by atoms with Crippen molar-refractivity contribution in [3.63, 3.8) is 0 Å². The number of benzene rings is 1. The largest absolute Gasteiger partial charge is 0.398 e. The lowest BCUT2D eigenvalue weighted by Gasteiger charge is -2.09. The van der Waals surface area contributed by atoms with E-state index in [-0.39, 0.29) is 0 Å². The highest BCUT2D eigenvalue weighted by atomic mass is 16.1. The third-order valence-corrected chi connectivity index (χ3v) is 2.38. The van der Waals surface area contributed by atoms with Gasteiger partial charge in [-0.2, -0.15) is 0 Å². The van der Waals surface area contributed by atoms with Gasteiger partial charge in [0.05, 0.1) is 5.69 Å². The van der Waals surface area contributed by atoms with Crippen LogP contribution in [0.1, 0.15) is 16.2 Å². The number of anilines is 1. The fraction of sp³-hybridized carbons (Fsp3) is 0.0909. The Morgan fingerprint density at radius 3 is 3.00 bits per heavy atom. The minimum absolute atomic E-state index is 0.378. The Morgan fingerprint density at radius 1 is 1.47 bits per heavy atom. The van der Waals surface area contributed by atoms with Crippen molar-refractivity contribution in [1.29, 1.82) is 0 Å². The lowest BCUT2D eigenvalue weighted by molar-refractivity contribution is 0.111. The van der Waals surface area contributed by atoms with E-state index in [1.165, 1.54) is 0 Å². The van der Waals surface area contributed by atoms with Gasteiger partial charge in [0, 0.05) is 18.1 Å². The maximum absolute atomic E-state index is 10.7. The first-order valence-electron chi connectivity index (χ1n) is 4.58. The number of nitrogens with two attached hydrogens (primary N) is 1. The Bertz CT molecular complexity index is 502. The zero-order valence-corrected chi connectivity index (χ0v) is 8.34. The summed E-state index contributed by atoms with van der Waals surface area (Å²) in [5.41, 5.74) is 8.33. The highest BCUT2D eigenvalue weighted by Gasteiger charge is 2.07. The SMILES string of the molecule is Cc1c(N)cccc1-n1ccnc1C=O. The standard InChI is InChI=1S/C11H11N3O/c1-8-9(12)3-2-4-10(8)14-6-5-13-11(14)7-15/h2-7H,12H2,1H3. The molecular weight excluding hydrogens is 190 g/mol. The average Bonchev–Trinajstić information content (AvgIpc) is 2.70. The van der Waals surface area contributed by atoms with Gasteiger partial charge in [-0.15, -0.1) is 0 Å². The molecule has 2 N–H and O–H groups in total. The number of imidazole rings is 1. The number of carbonyl (C=O) groups is 1. The summed E-state index contributed by atoms with van der Waals surface area (Å²) in [6.07, 6.45) is 4.06. The molecule has 0 unspecified atom stereocenters. The number of nitrogens with zero attached hydrogens (tertiary/aromatic N) is 2. The van der Waals surface area contributed by atoms with Crippen LogP contribution in [-0.4, -0.2) is 15.8 Å². The summed E-state index contributed by atoms with van der Waals surface area (Å²) in [7, 11) is 0. The summed E-state index contributed by atoms with van der Waals surface area (Å²) in [4.78, 5) is 14.7. The van der Waals surface area contributed by atoms with Crippen molar-refractivity contribution in [3.05, 3.63) is 42.0 Å². The third kappa shape index (κ3) is 1.50. The molecule has 0 spiro atoms. The maximum Gasteiger partial charge on any atom is 0.185 e. The molecule has 76 valence electrons. The Morgan fingerprint density at radius 2 is 2.27 bits per heavy atom. The minimum atomic E-state index is 0.378. The summed E-state index contributed by atoms with van der Waals surface area (Å²) < 4.78 is 1.72. The molecule has 0 aliphatic carbocycles. The van der Waals surface area contributed by atoms with Crippen LogP contribution >= 0.6 is 0 Å². The minimum Gasteiger partial charge on any atom is -0.398 e. The summed E-state index contributed by atoms with van der Waals surface area (Å²) in [5, 5.41) is 0. The zero-order valence-electron chi connectivity index (χ0n) is 8.34. The molecule has 0 aliphatic rings. The molecule has 0 saturated heterocycles. The molecule has 15 heavy (non-hydrogen) atoms. The van der Waals surface area contributed by atoms with Crippen molar-refractivity contribution in [2.75, 3.05) is 5.73 Å². The van der Waals surface area contributed by atoms with Gasteiger partial charge in [-0.1, -0.05) is 6.07 Å². The number of hydrogen-bond donors (Lipinski definition) is 1. The molecule has 1 aromatic heterocycles. The first kappa shape index (κ1) is 9.45. The van der Waals surface area contributed by atoms with Crippen LogP contribution in [0.2, 0.25) is 0 Å². The summed E-state index contributed by atoms with van der Waals surface area (Å²) >= 11 is 0. The second kappa shape index (κ2) is 3.57. The molecule has 0 fully saturated rings. The van der Waals surface area contributed by atoms with Gasteiger partial charge in [0.25, 0.3) is 0 Å². The third-order valence-electron chi connectivity index (χ3n) is 2.38. The highest BCUT2D eigenvalue weighted by Crippen LogP contribution is 2.20. The number of aromatic nitrogens is 2. The van der Waals surface area contributed by atoms with E-state index in [2.05, 4.69) is 4.98 Å². The van der Waals surface area contributed by atoms with Gasteiger partial charge in [0.1, 0.15) is 0 Å². The van der Waals surface area contributed by atoms with Crippen molar-refractivity contribution in [3.8, 4) is 5.69 Å². The van der Waals surface area contributed by atoms with Gasteiger partial charge in [0.2, 0.25) is 0 Å². The van der Waals surface area contributed by atoms with Crippen LogP contribution in [-0.2, 0) is 0 Å². The lowest BCUT2D eigenvalue weighted by atomic mass is 10.1. The van der Waals surface area contributed by atoms with Gasteiger partial charge >= 0.3 is 0 Å². The molecule has 0 saturated carbocycles. The van der Waals surface area contributed by atoms with E-state index in [0.29, 0.717) is 11.5 Å². The van der Waals surface area contributed by atoms with E-state index in [1.807, 2.05) is 25.1 Å². The Labute approximate surface area is 87.4 Å². The van der Waals surface area contributed by atoms with Gasteiger partial charge in [0.15, 0.2) is 12.1 Å². The van der Waals surface area contributed by atoms with Crippen LogP contribution in [0.15, 0.2) is 30.6 Å². The van der Waals surface area contributed by atoms with Crippen LogP contribution in [0.5, 0.6) is 0 Å². The monoisotopic (exact) mass is 201 g/mol.